The predicted octanol–water partition coefficient (Wildman–Crippen LogP) is 5.76. The molecule has 0 fully saturated rings. The van der Waals surface area contributed by atoms with E-state index in [1.165, 1.54) is 4.90 Å². The number of nitrogens with zero attached hydrogens (tertiary/aromatic N) is 1. The second kappa shape index (κ2) is 14.8. The van der Waals surface area contributed by atoms with E-state index in [9.17, 15) is 19.2 Å². The SMILES string of the molecule is O=C(O)CCC(=O)NCCN(CCNC(=O)OCC1c2ccccc2-c2ccccc21)C(=O)OCC1c2ccccc2-c2ccccc21. The van der Waals surface area contributed by atoms with Crippen molar-refractivity contribution < 1.29 is 33.8 Å². The fourth-order valence-electron chi connectivity index (χ4n) is 6.56. The van der Waals surface area contributed by atoms with Crippen molar-refractivity contribution in [1.82, 2.24) is 15.5 Å². The molecule has 0 saturated carbocycles. The summed E-state index contributed by atoms with van der Waals surface area (Å²) < 4.78 is 11.5. The van der Waals surface area contributed by atoms with Crippen LogP contribution in [0.15, 0.2) is 97.1 Å². The molecule has 0 aliphatic heterocycles. The average molecular weight is 648 g/mol. The lowest BCUT2D eigenvalue weighted by atomic mass is 9.98. The molecule has 4 aromatic rings. The number of hydrogen-bond acceptors (Lipinski definition) is 6. The quantitative estimate of drug-likeness (QED) is 0.168. The number of nitrogens with one attached hydrogen (secondary N) is 2. The molecule has 0 heterocycles. The molecule has 0 atom stereocenters. The lowest BCUT2D eigenvalue weighted by molar-refractivity contribution is -0.138. The molecule has 3 amide bonds. The first-order valence-electron chi connectivity index (χ1n) is 16.1. The van der Waals surface area contributed by atoms with E-state index in [4.69, 9.17) is 14.6 Å². The third kappa shape index (κ3) is 7.17. The number of ether oxygens (including phenoxy) is 2. The maximum absolute atomic E-state index is 13.4. The van der Waals surface area contributed by atoms with Gasteiger partial charge < -0.3 is 30.1 Å². The van der Waals surface area contributed by atoms with Crippen LogP contribution in [-0.4, -0.2) is 73.5 Å². The number of carbonyl (C=O) groups excluding carboxylic acids is 3. The summed E-state index contributed by atoms with van der Waals surface area (Å²) in [6, 6.07) is 32.3. The molecule has 246 valence electrons. The smallest absolute Gasteiger partial charge is 0.409 e. The van der Waals surface area contributed by atoms with E-state index < -0.39 is 24.1 Å². The molecule has 0 unspecified atom stereocenters. The molecule has 48 heavy (non-hydrogen) atoms. The number of aliphatic carboxylic acids is 1. The Bertz CT molecular complexity index is 1730. The van der Waals surface area contributed by atoms with Gasteiger partial charge >= 0.3 is 18.2 Å². The number of carboxylic acid groups (broad SMARTS) is 1. The first-order valence-corrected chi connectivity index (χ1v) is 16.1. The van der Waals surface area contributed by atoms with Crippen molar-refractivity contribution in [2.45, 2.75) is 24.7 Å². The standard InChI is InChI=1S/C38H37N3O7/c42-35(17-18-36(43)44)39-19-21-41(38(46)48-24-34-31-15-7-3-11-27(31)28-12-4-8-16-32(28)34)22-20-40-37(45)47-23-33-29-13-5-1-9-25(29)26-10-2-6-14-30(26)33/h1-16,33-34H,17-24H2,(H,39,42)(H,40,45)(H,43,44). The van der Waals surface area contributed by atoms with Gasteiger partial charge in [-0.05, 0) is 44.5 Å². The number of fused-ring (bicyclic) bond motifs is 6. The molecule has 2 aliphatic carbocycles. The van der Waals surface area contributed by atoms with Gasteiger partial charge in [-0.15, -0.1) is 0 Å². The summed E-state index contributed by atoms with van der Waals surface area (Å²) >= 11 is 0. The highest BCUT2D eigenvalue weighted by atomic mass is 16.6. The van der Waals surface area contributed by atoms with Crippen LogP contribution in [0.1, 0.15) is 46.9 Å². The van der Waals surface area contributed by atoms with E-state index in [0.29, 0.717) is 0 Å². The Morgan fingerprint density at radius 2 is 1.00 bits per heavy atom. The van der Waals surface area contributed by atoms with Gasteiger partial charge in [-0.3, -0.25) is 9.59 Å². The molecule has 0 bridgehead atoms. The minimum absolute atomic E-state index is 0.0785. The molecule has 0 spiro atoms. The number of amides is 3. The zero-order chi connectivity index (χ0) is 33.5. The number of carbonyl (C=O) groups is 4. The van der Waals surface area contributed by atoms with Gasteiger partial charge in [-0.1, -0.05) is 97.1 Å². The van der Waals surface area contributed by atoms with Crippen LogP contribution in [0.2, 0.25) is 0 Å². The summed E-state index contributed by atoms with van der Waals surface area (Å²) in [5.74, 6) is -1.70. The summed E-state index contributed by atoms with van der Waals surface area (Å²) in [7, 11) is 0. The second-order valence-corrected chi connectivity index (χ2v) is 11.8. The topological polar surface area (TPSA) is 134 Å². The third-order valence-corrected chi connectivity index (χ3v) is 8.86. The summed E-state index contributed by atoms with van der Waals surface area (Å²) in [5, 5.41) is 14.2. The summed E-state index contributed by atoms with van der Waals surface area (Å²) in [6.45, 7) is 0.668. The third-order valence-electron chi connectivity index (χ3n) is 8.86. The first-order chi connectivity index (χ1) is 23.4. The molecule has 10 nitrogen and oxygen atoms in total. The van der Waals surface area contributed by atoms with Crippen LogP contribution < -0.4 is 10.6 Å². The van der Waals surface area contributed by atoms with Crippen LogP contribution in [0.25, 0.3) is 22.3 Å². The van der Waals surface area contributed by atoms with Gasteiger partial charge in [-0.25, -0.2) is 9.59 Å². The Balaban J connectivity index is 1.05. The van der Waals surface area contributed by atoms with E-state index in [1.807, 2.05) is 72.8 Å². The number of rotatable bonds is 13. The molecule has 0 saturated heterocycles. The van der Waals surface area contributed by atoms with Crippen molar-refractivity contribution in [2.24, 2.45) is 0 Å². The zero-order valence-electron chi connectivity index (χ0n) is 26.4. The van der Waals surface area contributed by atoms with E-state index in [2.05, 4.69) is 34.9 Å². The Hall–Kier alpha value is -5.64. The highest BCUT2D eigenvalue weighted by Gasteiger charge is 2.31. The molecular weight excluding hydrogens is 610 g/mol. The molecule has 3 N–H and O–H groups in total. The first kappa shape index (κ1) is 32.3. The van der Waals surface area contributed by atoms with Gasteiger partial charge in [0.2, 0.25) is 5.91 Å². The number of hydrogen-bond donors (Lipinski definition) is 3. The number of benzene rings is 4. The monoisotopic (exact) mass is 647 g/mol. The number of alkyl carbamates (subject to hydrolysis) is 1. The largest absolute Gasteiger partial charge is 0.481 e. The molecule has 6 rings (SSSR count). The lowest BCUT2D eigenvalue weighted by Crippen LogP contribution is -2.43. The summed E-state index contributed by atoms with van der Waals surface area (Å²) in [5.41, 5.74) is 8.88. The summed E-state index contributed by atoms with van der Waals surface area (Å²) in [6.07, 6.45) is -1.65. The molecule has 0 aromatic heterocycles. The molecule has 10 heteroatoms. The van der Waals surface area contributed by atoms with Crippen LogP contribution in [0.4, 0.5) is 9.59 Å². The second-order valence-electron chi connectivity index (χ2n) is 11.8. The van der Waals surface area contributed by atoms with Crippen molar-refractivity contribution in [3.05, 3.63) is 119 Å². The van der Waals surface area contributed by atoms with Crippen molar-refractivity contribution in [3.63, 3.8) is 0 Å². The minimum atomic E-state index is -1.07. The summed E-state index contributed by atoms with van der Waals surface area (Å²) in [4.78, 5) is 50.5. The molecule has 0 radical (unpaired) electrons. The lowest BCUT2D eigenvalue weighted by Gasteiger charge is -2.24. The fraction of sp³-hybridized carbons (Fsp3) is 0.263. The van der Waals surface area contributed by atoms with Gasteiger partial charge in [0.15, 0.2) is 0 Å². The van der Waals surface area contributed by atoms with Crippen LogP contribution in [0.5, 0.6) is 0 Å². The van der Waals surface area contributed by atoms with Crippen molar-refractivity contribution in [1.29, 1.82) is 0 Å². The van der Waals surface area contributed by atoms with Crippen molar-refractivity contribution in [2.75, 3.05) is 39.4 Å². The zero-order valence-corrected chi connectivity index (χ0v) is 26.4. The maximum Gasteiger partial charge on any atom is 0.409 e. The Morgan fingerprint density at radius 3 is 1.46 bits per heavy atom. The predicted molar refractivity (Wildman–Crippen MR) is 180 cm³/mol. The van der Waals surface area contributed by atoms with Crippen LogP contribution >= 0.6 is 0 Å². The van der Waals surface area contributed by atoms with Gasteiger partial charge in [0, 0.05) is 44.4 Å². The van der Waals surface area contributed by atoms with Crippen molar-refractivity contribution in [3.8, 4) is 22.3 Å². The maximum atomic E-state index is 13.4. The van der Waals surface area contributed by atoms with Crippen molar-refractivity contribution >= 4 is 24.1 Å². The average Bonchev–Trinajstić information content (AvgIpc) is 3.60. The highest BCUT2D eigenvalue weighted by Crippen LogP contribution is 2.45. The minimum Gasteiger partial charge on any atom is -0.481 e. The molecule has 4 aromatic carbocycles. The van der Waals surface area contributed by atoms with E-state index in [-0.39, 0.29) is 64.1 Å². The van der Waals surface area contributed by atoms with Gasteiger partial charge in [0.25, 0.3) is 0 Å². The normalized spacial score (nSPS) is 12.7. The van der Waals surface area contributed by atoms with E-state index in [0.717, 1.165) is 44.5 Å². The van der Waals surface area contributed by atoms with E-state index in [1.54, 1.807) is 0 Å². The number of carboxylic acids is 1. The van der Waals surface area contributed by atoms with Crippen LogP contribution in [-0.2, 0) is 19.1 Å². The van der Waals surface area contributed by atoms with Crippen LogP contribution in [0, 0.1) is 0 Å². The van der Waals surface area contributed by atoms with Gasteiger partial charge in [-0.2, -0.15) is 0 Å². The fourth-order valence-corrected chi connectivity index (χ4v) is 6.56. The van der Waals surface area contributed by atoms with Gasteiger partial charge in [0.1, 0.15) is 13.2 Å². The van der Waals surface area contributed by atoms with E-state index >= 15 is 0 Å². The van der Waals surface area contributed by atoms with Gasteiger partial charge in [0.05, 0.1) is 6.42 Å². The molecule has 2 aliphatic rings. The van der Waals surface area contributed by atoms with Crippen LogP contribution in [0.3, 0.4) is 0 Å². The Morgan fingerprint density at radius 1 is 0.583 bits per heavy atom. The highest BCUT2D eigenvalue weighted by molar-refractivity contribution is 5.81. The Labute approximate surface area is 278 Å². The Kier molecular flexibility index (Phi) is 9.99. The molecular formula is C38H37N3O7.